The van der Waals surface area contributed by atoms with E-state index in [9.17, 15) is 4.79 Å². The fourth-order valence-electron chi connectivity index (χ4n) is 2.73. The lowest BCUT2D eigenvalue weighted by atomic mass is 9.93. The topological polar surface area (TPSA) is 26.3 Å². The van der Waals surface area contributed by atoms with Gasteiger partial charge in [0.2, 0.25) is 0 Å². The van der Waals surface area contributed by atoms with E-state index in [4.69, 9.17) is 4.74 Å². The maximum absolute atomic E-state index is 12.5. The molecule has 0 fully saturated rings. The van der Waals surface area contributed by atoms with Gasteiger partial charge in [-0.25, -0.2) is 4.79 Å². The van der Waals surface area contributed by atoms with Crippen LogP contribution in [-0.4, -0.2) is 11.6 Å². The fourth-order valence-corrected chi connectivity index (χ4v) is 2.73. The maximum atomic E-state index is 12.5. The van der Waals surface area contributed by atoms with E-state index in [-0.39, 0.29) is 5.97 Å². The highest BCUT2D eigenvalue weighted by atomic mass is 16.6. The summed E-state index contributed by atoms with van der Waals surface area (Å²) in [6.07, 6.45) is 0. The lowest BCUT2D eigenvalue weighted by Crippen LogP contribution is -2.23. The molecule has 0 aliphatic rings. The van der Waals surface area contributed by atoms with E-state index in [0.29, 0.717) is 5.56 Å². The molecule has 0 spiro atoms. The Morgan fingerprint density at radius 3 is 1.76 bits per heavy atom. The molecule has 3 rings (SSSR count). The van der Waals surface area contributed by atoms with Crippen LogP contribution in [0.2, 0.25) is 0 Å². The van der Waals surface area contributed by atoms with E-state index < -0.39 is 5.60 Å². The molecular formula is C23H22O2. The van der Waals surface area contributed by atoms with Gasteiger partial charge in [0.25, 0.3) is 0 Å². The number of esters is 1. The van der Waals surface area contributed by atoms with E-state index in [0.717, 1.165) is 22.3 Å². The second-order valence-electron chi connectivity index (χ2n) is 6.99. The van der Waals surface area contributed by atoms with Crippen molar-refractivity contribution >= 4 is 5.97 Å². The van der Waals surface area contributed by atoms with Gasteiger partial charge < -0.3 is 4.74 Å². The van der Waals surface area contributed by atoms with Crippen LogP contribution in [0.15, 0.2) is 78.9 Å². The quantitative estimate of drug-likeness (QED) is 0.552. The van der Waals surface area contributed by atoms with Gasteiger partial charge in [-0.2, -0.15) is 0 Å². The zero-order valence-corrected chi connectivity index (χ0v) is 14.8. The van der Waals surface area contributed by atoms with Crippen LogP contribution in [0, 0.1) is 0 Å². The fraction of sp³-hybridized carbons (Fsp3) is 0.174. The molecule has 0 bridgehead atoms. The first kappa shape index (κ1) is 17.0. The van der Waals surface area contributed by atoms with Crippen LogP contribution in [-0.2, 0) is 4.74 Å². The Hall–Kier alpha value is -2.87. The summed E-state index contributed by atoms with van der Waals surface area (Å²) in [5.74, 6) is -0.302. The molecule has 0 saturated heterocycles. The van der Waals surface area contributed by atoms with Gasteiger partial charge in [0, 0.05) is 0 Å². The molecular weight excluding hydrogens is 308 g/mol. The highest BCUT2D eigenvalue weighted by molar-refractivity contribution is 5.94. The Kier molecular flexibility index (Phi) is 4.71. The molecule has 3 aromatic carbocycles. The first-order valence-electron chi connectivity index (χ1n) is 8.42. The second kappa shape index (κ2) is 6.94. The summed E-state index contributed by atoms with van der Waals surface area (Å²) in [7, 11) is 0. The van der Waals surface area contributed by atoms with Gasteiger partial charge >= 0.3 is 5.97 Å². The minimum Gasteiger partial charge on any atom is -0.456 e. The SMILES string of the molecule is CC(C)(C)OC(=O)c1ccc(-c2ccccc2)c(-c2ccccc2)c1. The van der Waals surface area contributed by atoms with Crippen LogP contribution in [0.4, 0.5) is 0 Å². The van der Waals surface area contributed by atoms with Crippen molar-refractivity contribution in [3.63, 3.8) is 0 Å². The van der Waals surface area contributed by atoms with E-state index in [1.165, 1.54) is 0 Å². The summed E-state index contributed by atoms with van der Waals surface area (Å²) in [6.45, 7) is 5.63. The Morgan fingerprint density at radius 2 is 1.24 bits per heavy atom. The van der Waals surface area contributed by atoms with Crippen molar-refractivity contribution in [3.8, 4) is 22.3 Å². The third kappa shape index (κ3) is 4.16. The molecule has 25 heavy (non-hydrogen) atoms. The predicted molar refractivity (Wildman–Crippen MR) is 102 cm³/mol. The number of hydrogen-bond acceptors (Lipinski definition) is 2. The molecule has 0 aliphatic heterocycles. The molecule has 126 valence electrons. The van der Waals surface area contributed by atoms with Gasteiger partial charge in [0.1, 0.15) is 5.60 Å². The minimum atomic E-state index is -0.512. The van der Waals surface area contributed by atoms with E-state index >= 15 is 0 Å². The Morgan fingerprint density at radius 1 is 0.720 bits per heavy atom. The largest absolute Gasteiger partial charge is 0.456 e. The molecule has 2 nitrogen and oxygen atoms in total. The Labute approximate surface area is 149 Å². The Balaban J connectivity index is 2.10. The average Bonchev–Trinajstić information content (AvgIpc) is 2.61. The molecule has 0 radical (unpaired) electrons. The van der Waals surface area contributed by atoms with Crippen molar-refractivity contribution in [2.24, 2.45) is 0 Å². The number of hydrogen-bond donors (Lipinski definition) is 0. The molecule has 0 aliphatic carbocycles. The van der Waals surface area contributed by atoms with Crippen molar-refractivity contribution in [2.45, 2.75) is 26.4 Å². The first-order chi connectivity index (χ1) is 11.9. The molecule has 0 aromatic heterocycles. The van der Waals surface area contributed by atoms with Gasteiger partial charge in [-0.05, 0) is 55.2 Å². The van der Waals surface area contributed by atoms with Crippen molar-refractivity contribution < 1.29 is 9.53 Å². The van der Waals surface area contributed by atoms with Crippen molar-refractivity contribution in [2.75, 3.05) is 0 Å². The third-order valence-electron chi connectivity index (χ3n) is 3.82. The number of benzene rings is 3. The van der Waals surface area contributed by atoms with Crippen LogP contribution in [0.3, 0.4) is 0 Å². The van der Waals surface area contributed by atoms with Crippen LogP contribution >= 0.6 is 0 Å². The van der Waals surface area contributed by atoms with E-state index in [1.807, 2.05) is 75.4 Å². The van der Waals surface area contributed by atoms with Crippen LogP contribution in [0.25, 0.3) is 22.3 Å². The lowest BCUT2D eigenvalue weighted by Gasteiger charge is -2.20. The maximum Gasteiger partial charge on any atom is 0.338 e. The van der Waals surface area contributed by atoms with Crippen molar-refractivity contribution in [1.29, 1.82) is 0 Å². The number of carbonyl (C=O) groups is 1. The molecule has 0 unspecified atom stereocenters. The van der Waals surface area contributed by atoms with E-state index in [2.05, 4.69) is 24.3 Å². The Bertz CT molecular complexity index is 860. The number of rotatable bonds is 3. The summed E-state index contributed by atoms with van der Waals surface area (Å²) < 4.78 is 5.52. The highest BCUT2D eigenvalue weighted by Crippen LogP contribution is 2.33. The summed E-state index contributed by atoms with van der Waals surface area (Å²) in [4.78, 5) is 12.5. The normalized spacial score (nSPS) is 11.2. The monoisotopic (exact) mass is 330 g/mol. The molecule has 0 heterocycles. The summed E-state index contributed by atoms with van der Waals surface area (Å²) in [5.41, 5.74) is 4.37. The third-order valence-corrected chi connectivity index (χ3v) is 3.82. The summed E-state index contributed by atoms with van der Waals surface area (Å²) >= 11 is 0. The minimum absolute atomic E-state index is 0.302. The van der Waals surface area contributed by atoms with Gasteiger partial charge in [-0.15, -0.1) is 0 Å². The average molecular weight is 330 g/mol. The molecule has 0 N–H and O–H groups in total. The van der Waals surface area contributed by atoms with Crippen LogP contribution in [0.5, 0.6) is 0 Å². The lowest BCUT2D eigenvalue weighted by molar-refractivity contribution is 0.00696. The van der Waals surface area contributed by atoms with Crippen molar-refractivity contribution in [3.05, 3.63) is 84.4 Å². The summed E-state index contributed by atoms with van der Waals surface area (Å²) in [6, 6.07) is 26.1. The van der Waals surface area contributed by atoms with Gasteiger partial charge in [-0.1, -0.05) is 66.7 Å². The zero-order valence-electron chi connectivity index (χ0n) is 14.8. The standard InChI is InChI=1S/C23H22O2/c1-23(2,3)25-22(24)19-14-15-20(17-10-6-4-7-11-17)21(16-19)18-12-8-5-9-13-18/h4-16H,1-3H3. The summed E-state index contributed by atoms with van der Waals surface area (Å²) in [5, 5.41) is 0. The predicted octanol–water partition coefficient (Wildman–Crippen LogP) is 5.98. The second-order valence-corrected chi connectivity index (χ2v) is 6.99. The number of ether oxygens (including phenoxy) is 1. The number of carbonyl (C=O) groups excluding carboxylic acids is 1. The molecule has 0 saturated carbocycles. The van der Waals surface area contributed by atoms with Gasteiger partial charge in [0.15, 0.2) is 0 Å². The van der Waals surface area contributed by atoms with Crippen LogP contribution in [0.1, 0.15) is 31.1 Å². The molecule has 2 heteroatoms. The highest BCUT2D eigenvalue weighted by Gasteiger charge is 2.19. The van der Waals surface area contributed by atoms with E-state index in [1.54, 1.807) is 0 Å². The molecule has 0 atom stereocenters. The smallest absolute Gasteiger partial charge is 0.338 e. The van der Waals surface area contributed by atoms with Gasteiger partial charge in [-0.3, -0.25) is 0 Å². The van der Waals surface area contributed by atoms with Crippen LogP contribution < -0.4 is 0 Å². The molecule has 3 aromatic rings. The first-order valence-corrected chi connectivity index (χ1v) is 8.42. The van der Waals surface area contributed by atoms with Crippen molar-refractivity contribution in [1.82, 2.24) is 0 Å². The molecule has 0 amide bonds. The zero-order chi connectivity index (χ0) is 17.9. The van der Waals surface area contributed by atoms with Gasteiger partial charge in [0.05, 0.1) is 5.56 Å².